The van der Waals surface area contributed by atoms with E-state index in [1.807, 2.05) is 37.4 Å². The average Bonchev–Trinajstić information content (AvgIpc) is 3.30. The Morgan fingerprint density at radius 1 is 1.25 bits per heavy atom. The van der Waals surface area contributed by atoms with Crippen molar-refractivity contribution in [1.29, 1.82) is 0 Å². The highest BCUT2D eigenvalue weighted by Gasteiger charge is 2.32. The lowest BCUT2D eigenvalue weighted by molar-refractivity contribution is 0.129. The zero-order valence-corrected chi connectivity index (χ0v) is 13.0. The lowest BCUT2D eigenvalue weighted by atomic mass is 10.1. The topological polar surface area (TPSA) is 86.3 Å². The molecule has 24 heavy (non-hydrogen) atoms. The molecule has 0 aliphatic carbocycles. The fourth-order valence-corrected chi connectivity index (χ4v) is 2.69. The largest absolute Gasteiger partial charge is 0.442 e. The number of carbonyl (C=O) groups excluding carboxylic acids is 1. The number of aryl methyl sites for hydroxylation is 1. The fraction of sp³-hybridized carbons (Fsp3) is 0.250. The molecule has 1 aliphatic heterocycles. The molecule has 1 amide bonds. The van der Waals surface area contributed by atoms with Gasteiger partial charge in [0.1, 0.15) is 18.1 Å². The molecule has 1 unspecified atom stereocenters. The number of nitrogens with zero attached hydrogens (tertiary/aromatic N) is 5. The number of rotatable bonds is 4. The van der Waals surface area contributed by atoms with Gasteiger partial charge in [-0.3, -0.25) is 4.90 Å². The number of anilines is 1. The lowest BCUT2D eigenvalue weighted by Gasteiger charge is -2.13. The number of aromatic nitrogens is 4. The molecular formula is C16H15N5O3. The Morgan fingerprint density at radius 2 is 2.08 bits per heavy atom. The van der Waals surface area contributed by atoms with Crippen LogP contribution in [0.15, 0.2) is 47.3 Å². The molecule has 4 rings (SSSR count). The fourth-order valence-electron chi connectivity index (χ4n) is 2.69. The number of amides is 1. The van der Waals surface area contributed by atoms with E-state index in [0.717, 1.165) is 22.6 Å². The monoisotopic (exact) mass is 325 g/mol. The van der Waals surface area contributed by atoms with Crippen LogP contribution >= 0.6 is 0 Å². The SMILES string of the molecule is Cc1cn(CC2CN(c3ccc(-c4ccon4)cc3)C(=O)O2)nn1. The Labute approximate surface area is 137 Å². The molecule has 0 N–H and O–H groups in total. The first-order valence-corrected chi connectivity index (χ1v) is 7.55. The highest BCUT2D eigenvalue weighted by atomic mass is 16.6. The Bertz CT molecular complexity index is 841. The highest BCUT2D eigenvalue weighted by molar-refractivity contribution is 5.90. The second-order valence-corrected chi connectivity index (χ2v) is 5.63. The summed E-state index contributed by atoms with van der Waals surface area (Å²) in [5.74, 6) is 0. The molecule has 8 heteroatoms. The molecule has 8 nitrogen and oxygen atoms in total. The highest BCUT2D eigenvalue weighted by Crippen LogP contribution is 2.25. The van der Waals surface area contributed by atoms with Gasteiger partial charge in [0.2, 0.25) is 0 Å². The molecule has 1 aliphatic rings. The van der Waals surface area contributed by atoms with E-state index >= 15 is 0 Å². The van der Waals surface area contributed by atoms with Crippen LogP contribution in [0.3, 0.4) is 0 Å². The smallest absolute Gasteiger partial charge is 0.414 e. The van der Waals surface area contributed by atoms with Crippen LogP contribution in [0.5, 0.6) is 0 Å². The number of cyclic esters (lactones) is 1. The summed E-state index contributed by atoms with van der Waals surface area (Å²) in [6.45, 7) is 2.83. The van der Waals surface area contributed by atoms with Crippen molar-refractivity contribution >= 4 is 11.8 Å². The summed E-state index contributed by atoms with van der Waals surface area (Å²) in [6, 6.07) is 9.32. The second-order valence-electron chi connectivity index (χ2n) is 5.63. The number of ether oxygens (including phenoxy) is 1. The van der Waals surface area contributed by atoms with Crippen molar-refractivity contribution in [2.24, 2.45) is 0 Å². The van der Waals surface area contributed by atoms with E-state index in [1.165, 1.54) is 6.26 Å². The number of benzene rings is 1. The predicted molar refractivity (Wildman–Crippen MR) is 84.3 cm³/mol. The van der Waals surface area contributed by atoms with Gasteiger partial charge in [-0.05, 0) is 19.1 Å². The van der Waals surface area contributed by atoms with Crippen LogP contribution in [0.1, 0.15) is 5.69 Å². The summed E-state index contributed by atoms with van der Waals surface area (Å²) in [5.41, 5.74) is 3.30. The molecule has 0 spiro atoms. The van der Waals surface area contributed by atoms with E-state index in [2.05, 4.69) is 15.5 Å². The maximum absolute atomic E-state index is 12.1. The van der Waals surface area contributed by atoms with E-state index in [1.54, 1.807) is 15.6 Å². The van der Waals surface area contributed by atoms with Gasteiger partial charge in [0, 0.05) is 23.5 Å². The first-order chi connectivity index (χ1) is 11.7. The zero-order valence-electron chi connectivity index (χ0n) is 13.0. The van der Waals surface area contributed by atoms with Gasteiger partial charge in [-0.2, -0.15) is 0 Å². The van der Waals surface area contributed by atoms with Crippen molar-refractivity contribution in [3.8, 4) is 11.3 Å². The number of hydrogen-bond donors (Lipinski definition) is 0. The minimum atomic E-state index is -0.356. The number of carbonyl (C=O) groups is 1. The van der Waals surface area contributed by atoms with E-state index in [0.29, 0.717) is 13.1 Å². The van der Waals surface area contributed by atoms with Crippen LogP contribution in [0, 0.1) is 6.92 Å². The first-order valence-electron chi connectivity index (χ1n) is 7.55. The summed E-state index contributed by atoms with van der Waals surface area (Å²) >= 11 is 0. The molecule has 2 aromatic heterocycles. The number of hydrogen-bond acceptors (Lipinski definition) is 6. The van der Waals surface area contributed by atoms with Crippen LogP contribution in [0.25, 0.3) is 11.3 Å². The Balaban J connectivity index is 1.47. The summed E-state index contributed by atoms with van der Waals surface area (Å²) in [4.78, 5) is 13.7. The van der Waals surface area contributed by atoms with Gasteiger partial charge in [0.15, 0.2) is 0 Å². The maximum atomic E-state index is 12.1. The van der Waals surface area contributed by atoms with Crippen LogP contribution in [-0.4, -0.2) is 38.9 Å². The van der Waals surface area contributed by atoms with Gasteiger partial charge < -0.3 is 9.26 Å². The molecule has 122 valence electrons. The normalized spacial score (nSPS) is 17.3. The molecule has 3 aromatic rings. The van der Waals surface area contributed by atoms with Gasteiger partial charge in [-0.25, -0.2) is 9.48 Å². The zero-order chi connectivity index (χ0) is 16.5. The Hall–Kier alpha value is -3.16. The van der Waals surface area contributed by atoms with Crippen molar-refractivity contribution in [2.45, 2.75) is 19.6 Å². The van der Waals surface area contributed by atoms with Gasteiger partial charge in [-0.15, -0.1) is 5.10 Å². The van der Waals surface area contributed by atoms with Gasteiger partial charge in [0.05, 0.1) is 18.8 Å². The van der Waals surface area contributed by atoms with Gasteiger partial charge in [-0.1, -0.05) is 22.5 Å². The first kappa shape index (κ1) is 14.4. The Morgan fingerprint density at radius 3 is 2.75 bits per heavy atom. The summed E-state index contributed by atoms with van der Waals surface area (Å²) in [6.07, 6.45) is 2.74. The van der Waals surface area contributed by atoms with Crippen molar-refractivity contribution in [2.75, 3.05) is 11.4 Å². The van der Waals surface area contributed by atoms with Crippen LogP contribution in [0.2, 0.25) is 0 Å². The second kappa shape index (κ2) is 5.80. The molecule has 3 heterocycles. The molecular weight excluding hydrogens is 310 g/mol. The molecule has 1 fully saturated rings. The molecule has 0 saturated carbocycles. The van der Waals surface area contributed by atoms with E-state index < -0.39 is 0 Å². The van der Waals surface area contributed by atoms with Crippen LogP contribution in [-0.2, 0) is 11.3 Å². The standard InChI is InChI=1S/C16H15N5O3/c1-11-8-20(19-17-11)9-14-10-21(16(22)24-14)13-4-2-12(3-5-13)15-6-7-23-18-15/h2-8,14H,9-10H2,1H3. The van der Waals surface area contributed by atoms with E-state index in [4.69, 9.17) is 9.26 Å². The predicted octanol–water partition coefficient (Wildman–Crippen LogP) is 2.27. The Kier molecular flexibility index (Phi) is 3.49. The van der Waals surface area contributed by atoms with Gasteiger partial charge in [0.25, 0.3) is 0 Å². The van der Waals surface area contributed by atoms with Crippen LogP contribution in [0.4, 0.5) is 10.5 Å². The third-order valence-electron chi connectivity index (χ3n) is 3.83. The van der Waals surface area contributed by atoms with Crippen molar-refractivity contribution < 1.29 is 14.1 Å². The quantitative estimate of drug-likeness (QED) is 0.731. The molecule has 0 bridgehead atoms. The maximum Gasteiger partial charge on any atom is 0.414 e. The van der Waals surface area contributed by atoms with Crippen LogP contribution < -0.4 is 4.90 Å². The lowest BCUT2D eigenvalue weighted by Crippen LogP contribution is -2.26. The van der Waals surface area contributed by atoms with Crippen molar-refractivity contribution in [1.82, 2.24) is 20.2 Å². The third-order valence-corrected chi connectivity index (χ3v) is 3.83. The summed E-state index contributed by atoms with van der Waals surface area (Å²) < 4.78 is 11.9. The molecule has 1 saturated heterocycles. The van der Waals surface area contributed by atoms with E-state index in [9.17, 15) is 4.79 Å². The van der Waals surface area contributed by atoms with Crippen molar-refractivity contribution in [3.05, 3.63) is 48.5 Å². The summed E-state index contributed by atoms with van der Waals surface area (Å²) in [7, 11) is 0. The average molecular weight is 325 g/mol. The minimum Gasteiger partial charge on any atom is -0.442 e. The third kappa shape index (κ3) is 2.73. The van der Waals surface area contributed by atoms with Gasteiger partial charge >= 0.3 is 6.09 Å². The van der Waals surface area contributed by atoms with E-state index in [-0.39, 0.29) is 12.2 Å². The molecule has 0 radical (unpaired) electrons. The molecule has 1 aromatic carbocycles. The molecule has 1 atom stereocenters. The minimum absolute atomic E-state index is 0.256. The summed E-state index contributed by atoms with van der Waals surface area (Å²) in [5, 5.41) is 11.8. The van der Waals surface area contributed by atoms with Crippen molar-refractivity contribution in [3.63, 3.8) is 0 Å².